The topological polar surface area (TPSA) is 9.23 Å². The van der Waals surface area contributed by atoms with Gasteiger partial charge in [0.05, 0.1) is 6.61 Å². The number of ether oxygens (including phenoxy) is 1. The van der Waals surface area contributed by atoms with Crippen LogP contribution in [0.5, 0.6) is 0 Å². The molecule has 1 aromatic carbocycles. The molecule has 1 rings (SSSR count). The van der Waals surface area contributed by atoms with Crippen LogP contribution in [0.25, 0.3) is 5.57 Å². The van der Waals surface area contributed by atoms with Gasteiger partial charge >= 0.3 is 0 Å². The molecule has 0 atom stereocenters. The number of halogens is 1. The molecule has 0 fully saturated rings. The van der Waals surface area contributed by atoms with Crippen LogP contribution in [0, 0.1) is 5.82 Å². The summed E-state index contributed by atoms with van der Waals surface area (Å²) >= 11 is 0. The highest BCUT2D eigenvalue weighted by Crippen LogP contribution is 2.21. The first-order valence-corrected chi connectivity index (χ1v) is 6.54. The lowest BCUT2D eigenvalue weighted by molar-refractivity contribution is 0.118. The lowest BCUT2D eigenvalue weighted by atomic mass is 10.0. The maximum atomic E-state index is 14.0. The van der Waals surface area contributed by atoms with E-state index >= 15 is 0 Å². The highest BCUT2D eigenvalue weighted by molar-refractivity contribution is 5.75. The van der Waals surface area contributed by atoms with Gasteiger partial charge in [0.25, 0.3) is 0 Å². The van der Waals surface area contributed by atoms with E-state index in [1.165, 1.54) is 6.07 Å². The Hall–Kier alpha value is -1.67. The summed E-state index contributed by atoms with van der Waals surface area (Å²) < 4.78 is 19.5. The monoisotopic (exact) mass is 260 g/mol. The molecule has 0 amide bonds. The maximum absolute atomic E-state index is 14.0. The summed E-state index contributed by atoms with van der Waals surface area (Å²) in [5, 5.41) is 0. The Balaban J connectivity index is 2.76. The van der Waals surface area contributed by atoms with E-state index in [0.29, 0.717) is 18.8 Å². The highest BCUT2D eigenvalue weighted by Gasteiger charge is 2.06. The van der Waals surface area contributed by atoms with Gasteiger partial charge in [-0.05, 0) is 23.6 Å². The first kappa shape index (κ1) is 15.4. The van der Waals surface area contributed by atoms with E-state index in [1.807, 2.05) is 6.07 Å². The van der Waals surface area contributed by atoms with Gasteiger partial charge in [-0.3, -0.25) is 0 Å². The lowest BCUT2D eigenvalue weighted by Crippen LogP contribution is -1.97. The summed E-state index contributed by atoms with van der Waals surface area (Å²) in [5.41, 5.74) is 2.11. The summed E-state index contributed by atoms with van der Waals surface area (Å²) in [6.45, 7) is 10.6. The number of allylic oxidation sites excluding steroid dienone is 4. The summed E-state index contributed by atoms with van der Waals surface area (Å²) in [7, 11) is 0. The van der Waals surface area contributed by atoms with Crippen LogP contribution in [-0.4, -0.2) is 6.61 Å². The molecule has 0 heterocycles. The second-order valence-electron chi connectivity index (χ2n) is 4.28. The van der Waals surface area contributed by atoms with E-state index in [4.69, 9.17) is 4.74 Å². The van der Waals surface area contributed by atoms with Crippen molar-refractivity contribution in [2.75, 3.05) is 6.61 Å². The van der Waals surface area contributed by atoms with Crippen LogP contribution in [-0.2, 0) is 11.3 Å². The number of hydrogen-bond acceptors (Lipinski definition) is 1. The molecule has 1 aromatic rings. The average Bonchev–Trinajstić information content (AvgIpc) is 2.42. The van der Waals surface area contributed by atoms with Crippen molar-refractivity contribution in [2.45, 2.75) is 26.4 Å². The predicted octanol–water partition coefficient (Wildman–Crippen LogP) is 4.90. The minimum absolute atomic E-state index is 0.260. The lowest BCUT2D eigenvalue weighted by Gasteiger charge is -2.07. The van der Waals surface area contributed by atoms with Crippen LogP contribution in [0.4, 0.5) is 4.39 Å². The molecule has 1 nitrogen and oxygen atoms in total. The third-order valence-corrected chi connectivity index (χ3v) is 2.77. The number of rotatable bonds is 8. The molecular formula is C17H21FO. The van der Waals surface area contributed by atoms with Gasteiger partial charge in [0.2, 0.25) is 0 Å². The Morgan fingerprint density at radius 3 is 2.74 bits per heavy atom. The van der Waals surface area contributed by atoms with Crippen molar-refractivity contribution < 1.29 is 9.13 Å². The first-order chi connectivity index (χ1) is 9.22. The quantitative estimate of drug-likeness (QED) is 0.477. The molecule has 0 radical (unpaired) electrons. The fourth-order valence-corrected chi connectivity index (χ4v) is 1.71. The highest BCUT2D eigenvalue weighted by atomic mass is 19.1. The second kappa shape index (κ2) is 8.44. The van der Waals surface area contributed by atoms with Crippen molar-refractivity contribution in [3.63, 3.8) is 0 Å². The Morgan fingerprint density at radius 1 is 1.37 bits per heavy atom. The number of hydrogen-bond donors (Lipinski definition) is 0. The number of unbranched alkanes of at least 4 members (excludes halogenated alkanes) is 1. The molecule has 102 valence electrons. The Morgan fingerprint density at radius 2 is 2.16 bits per heavy atom. The Kier molecular flexibility index (Phi) is 6.83. The van der Waals surface area contributed by atoms with E-state index < -0.39 is 0 Å². The second-order valence-corrected chi connectivity index (χ2v) is 4.28. The molecule has 0 aliphatic carbocycles. The largest absolute Gasteiger partial charge is 0.377 e. The minimum Gasteiger partial charge on any atom is -0.377 e. The molecule has 0 saturated carbocycles. The molecule has 0 aromatic heterocycles. The molecule has 0 bridgehead atoms. The van der Waals surface area contributed by atoms with Gasteiger partial charge in [-0.15, -0.1) is 0 Å². The molecule has 0 N–H and O–H groups in total. The molecule has 2 heteroatoms. The van der Waals surface area contributed by atoms with Gasteiger partial charge < -0.3 is 4.74 Å². The van der Waals surface area contributed by atoms with Gasteiger partial charge in [-0.1, -0.05) is 56.9 Å². The summed E-state index contributed by atoms with van der Waals surface area (Å²) in [5.74, 6) is -0.260. The van der Waals surface area contributed by atoms with Crippen LogP contribution in [0.15, 0.2) is 49.6 Å². The Bertz CT molecular complexity index is 460. The van der Waals surface area contributed by atoms with Gasteiger partial charge in [0.15, 0.2) is 0 Å². The van der Waals surface area contributed by atoms with Crippen LogP contribution in [0.3, 0.4) is 0 Å². The molecule has 0 spiro atoms. The smallest absolute Gasteiger partial charge is 0.131 e. The molecule has 19 heavy (non-hydrogen) atoms. The van der Waals surface area contributed by atoms with Crippen molar-refractivity contribution in [3.8, 4) is 0 Å². The zero-order valence-corrected chi connectivity index (χ0v) is 11.5. The van der Waals surface area contributed by atoms with Crippen LogP contribution < -0.4 is 0 Å². The third-order valence-electron chi connectivity index (χ3n) is 2.77. The van der Waals surface area contributed by atoms with Crippen LogP contribution in [0.2, 0.25) is 0 Å². The molecule has 0 aliphatic rings. The van der Waals surface area contributed by atoms with E-state index in [0.717, 1.165) is 24.0 Å². The molecule has 0 aliphatic heterocycles. The first-order valence-electron chi connectivity index (χ1n) is 6.54. The van der Waals surface area contributed by atoms with Gasteiger partial charge in [0, 0.05) is 12.2 Å². The zero-order chi connectivity index (χ0) is 14.1. The summed E-state index contributed by atoms with van der Waals surface area (Å²) in [6, 6.07) is 5.15. The third kappa shape index (κ3) is 4.84. The summed E-state index contributed by atoms with van der Waals surface area (Å²) in [4.78, 5) is 0. The van der Waals surface area contributed by atoms with Crippen LogP contribution >= 0.6 is 0 Å². The molecule has 0 unspecified atom stereocenters. The normalized spacial score (nSPS) is 11.4. The van der Waals surface area contributed by atoms with Crippen molar-refractivity contribution in [3.05, 3.63) is 66.5 Å². The van der Waals surface area contributed by atoms with E-state index in [-0.39, 0.29) is 5.82 Å². The fourth-order valence-electron chi connectivity index (χ4n) is 1.71. The van der Waals surface area contributed by atoms with Crippen LogP contribution in [0.1, 0.15) is 30.9 Å². The zero-order valence-electron chi connectivity index (χ0n) is 11.5. The van der Waals surface area contributed by atoms with E-state index in [9.17, 15) is 4.39 Å². The van der Waals surface area contributed by atoms with Gasteiger partial charge in [-0.2, -0.15) is 0 Å². The maximum Gasteiger partial charge on any atom is 0.131 e. The fraction of sp³-hybridized carbons (Fsp3) is 0.294. The van der Waals surface area contributed by atoms with E-state index in [1.54, 1.807) is 24.3 Å². The predicted molar refractivity (Wildman–Crippen MR) is 79.3 cm³/mol. The number of benzene rings is 1. The van der Waals surface area contributed by atoms with E-state index in [2.05, 4.69) is 20.1 Å². The van der Waals surface area contributed by atoms with Crippen molar-refractivity contribution in [1.29, 1.82) is 0 Å². The SMILES string of the molecule is C=C/C=C(\C=C)c1ccc(COCCCC)cc1F. The van der Waals surface area contributed by atoms with Crippen molar-refractivity contribution >= 4 is 5.57 Å². The summed E-state index contributed by atoms with van der Waals surface area (Å²) in [6.07, 6.45) is 7.12. The van der Waals surface area contributed by atoms with Gasteiger partial charge in [0.1, 0.15) is 5.82 Å². The molecule has 0 saturated heterocycles. The standard InChI is InChI=1S/C17H21FO/c1-4-7-11-19-13-14-9-10-16(17(18)12-14)15(6-3)8-5-2/h5-6,8-10,12H,2-4,7,11,13H2,1H3/b15-8+. The minimum atomic E-state index is -0.260. The van der Waals surface area contributed by atoms with Crippen molar-refractivity contribution in [2.24, 2.45) is 0 Å². The average molecular weight is 260 g/mol. The Labute approximate surface area is 115 Å². The van der Waals surface area contributed by atoms with Crippen molar-refractivity contribution in [1.82, 2.24) is 0 Å². The molecular weight excluding hydrogens is 239 g/mol. The van der Waals surface area contributed by atoms with Gasteiger partial charge in [-0.25, -0.2) is 4.39 Å².